The smallest absolute Gasteiger partial charge is 0.335 e. The van der Waals surface area contributed by atoms with Crippen molar-refractivity contribution in [2.75, 3.05) is 19.6 Å². The molecule has 0 amide bonds. The van der Waals surface area contributed by atoms with Crippen LogP contribution in [0.4, 0.5) is 0 Å². The van der Waals surface area contributed by atoms with Gasteiger partial charge in [-0.25, -0.2) is 4.79 Å². The fourth-order valence-electron chi connectivity index (χ4n) is 3.04. The maximum Gasteiger partial charge on any atom is 0.335 e. The zero-order chi connectivity index (χ0) is 14.1. The number of piperidine rings is 1. The molecule has 5 heteroatoms. The van der Waals surface area contributed by atoms with Crippen molar-refractivity contribution >= 4 is 11.7 Å². The third-order valence-corrected chi connectivity index (χ3v) is 4.28. The van der Waals surface area contributed by atoms with Crippen LogP contribution in [0.3, 0.4) is 0 Å². The molecule has 5 nitrogen and oxygen atoms in total. The monoisotopic (exact) mass is 273 g/mol. The molecular weight excluding hydrogens is 254 g/mol. The predicted octanol–water partition coefficient (Wildman–Crippen LogP) is 1.73. The van der Waals surface area contributed by atoms with Crippen molar-refractivity contribution in [2.24, 2.45) is 11.0 Å². The molecule has 0 saturated carbocycles. The van der Waals surface area contributed by atoms with Gasteiger partial charge in [0, 0.05) is 31.1 Å². The second kappa shape index (κ2) is 5.25. The van der Waals surface area contributed by atoms with Crippen molar-refractivity contribution in [1.82, 2.24) is 10.3 Å². The zero-order valence-electron chi connectivity index (χ0n) is 11.5. The third-order valence-electron chi connectivity index (χ3n) is 4.28. The van der Waals surface area contributed by atoms with Gasteiger partial charge in [-0.2, -0.15) is 5.10 Å². The van der Waals surface area contributed by atoms with Crippen LogP contribution in [-0.4, -0.2) is 41.3 Å². The van der Waals surface area contributed by atoms with Gasteiger partial charge < -0.3 is 15.4 Å². The maximum atomic E-state index is 10.9. The molecule has 1 saturated heterocycles. The van der Waals surface area contributed by atoms with Crippen LogP contribution in [0.15, 0.2) is 29.4 Å². The number of carboxylic acids is 1. The number of nitrogens with zero attached hydrogens (tertiary/aromatic N) is 2. The summed E-state index contributed by atoms with van der Waals surface area (Å²) in [5, 5.41) is 13.4. The van der Waals surface area contributed by atoms with E-state index in [0.29, 0.717) is 11.5 Å². The van der Waals surface area contributed by atoms with E-state index in [1.54, 1.807) is 12.1 Å². The van der Waals surface area contributed by atoms with Gasteiger partial charge in [0.2, 0.25) is 0 Å². The molecule has 0 aromatic heterocycles. The molecule has 2 unspecified atom stereocenters. The average molecular weight is 273 g/mol. The molecule has 0 spiro atoms. The Bertz CT molecular complexity index is 539. The van der Waals surface area contributed by atoms with Crippen LogP contribution in [0.1, 0.15) is 35.3 Å². The Morgan fingerprint density at radius 2 is 2.20 bits per heavy atom. The van der Waals surface area contributed by atoms with Gasteiger partial charge >= 0.3 is 5.97 Å². The number of fused-ring (bicyclic) bond motifs is 1. The second-order valence-corrected chi connectivity index (χ2v) is 5.39. The Morgan fingerprint density at radius 3 is 2.85 bits per heavy atom. The first-order valence-corrected chi connectivity index (χ1v) is 7.06. The number of benzene rings is 1. The highest BCUT2D eigenvalue weighted by molar-refractivity contribution is 5.90. The highest BCUT2D eigenvalue weighted by Crippen LogP contribution is 2.32. The van der Waals surface area contributed by atoms with E-state index in [0.717, 1.165) is 31.6 Å². The number of aromatic carboxylic acids is 1. The summed E-state index contributed by atoms with van der Waals surface area (Å²) in [5.74, 6) is -0.484. The Morgan fingerprint density at radius 1 is 1.45 bits per heavy atom. The summed E-state index contributed by atoms with van der Waals surface area (Å²) >= 11 is 0. The molecule has 2 heterocycles. The third kappa shape index (κ3) is 2.29. The van der Waals surface area contributed by atoms with Gasteiger partial charge in [0.05, 0.1) is 11.6 Å². The lowest BCUT2D eigenvalue weighted by molar-refractivity contribution is 0.0697. The Hall–Kier alpha value is -1.88. The fraction of sp³-hybridized carbons (Fsp3) is 0.467. The number of carbonyl (C=O) groups is 1. The first kappa shape index (κ1) is 13.1. The normalized spacial score (nSPS) is 25.8. The van der Waals surface area contributed by atoms with Crippen molar-refractivity contribution < 1.29 is 9.90 Å². The molecular formula is C15H19N3O2. The number of hydrogen-bond donors (Lipinski definition) is 2. The van der Waals surface area contributed by atoms with Gasteiger partial charge in [0.1, 0.15) is 0 Å². The van der Waals surface area contributed by atoms with E-state index in [2.05, 4.69) is 22.4 Å². The first-order chi connectivity index (χ1) is 9.69. The molecule has 2 aliphatic rings. The standard InChI is InChI=1S/C15H19N3O2/c1-2-18-8-7-13-12(9-18)14(17-16-13)10-3-5-11(6-4-10)15(19)20/h3-6,12,14,17H,2,7-9H2,1H3,(H,19,20). The molecule has 1 aromatic rings. The largest absolute Gasteiger partial charge is 0.478 e. The van der Waals surface area contributed by atoms with Gasteiger partial charge in [0.25, 0.3) is 0 Å². The summed E-state index contributed by atoms with van der Waals surface area (Å²) in [5.41, 5.74) is 5.91. The minimum Gasteiger partial charge on any atom is -0.478 e. The van der Waals surface area contributed by atoms with Gasteiger partial charge in [-0.05, 0) is 24.2 Å². The molecule has 1 aromatic carbocycles. The van der Waals surface area contributed by atoms with Crippen molar-refractivity contribution in [2.45, 2.75) is 19.4 Å². The van der Waals surface area contributed by atoms with E-state index >= 15 is 0 Å². The number of hydrogen-bond acceptors (Lipinski definition) is 4. The minimum atomic E-state index is -0.886. The van der Waals surface area contributed by atoms with E-state index in [-0.39, 0.29) is 6.04 Å². The van der Waals surface area contributed by atoms with Crippen molar-refractivity contribution in [1.29, 1.82) is 0 Å². The van der Waals surface area contributed by atoms with Gasteiger partial charge in [0.15, 0.2) is 0 Å². The molecule has 0 aliphatic carbocycles. The second-order valence-electron chi connectivity index (χ2n) is 5.39. The number of rotatable bonds is 3. The Balaban J connectivity index is 1.79. The van der Waals surface area contributed by atoms with E-state index in [4.69, 9.17) is 5.11 Å². The molecule has 0 bridgehead atoms. The van der Waals surface area contributed by atoms with Crippen LogP contribution >= 0.6 is 0 Å². The molecule has 0 radical (unpaired) electrons. The topological polar surface area (TPSA) is 64.9 Å². The molecule has 3 rings (SSSR count). The minimum absolute atomic E-state index is 0.169. The number of carboxylic acid groups (broad SMARTS) is 1. The highest BCUT2D eigenvalue weighted by Gasteiger charge is 2.36. The summed E-state index contributed by atoms with van der Waals surface area (Å²) in [6, 6.07) is 7.28. The summed E-state index contributed by atoms with van der Waals surface area (Å²) in [7, 11) is 0. The predicted molar refractivity (Wildman–Crippen MR) is 76.9 cm³/mol. The van der Waals surface area contributed by atoms with Crippen molar-refractivity contribution in [3.63, 3.8) is 0 Å². The lowest BCUT2D eigenvalue weighted by Crippen LogP contribution is -2.41. The Labute approximate surface area is 118 Å². The summed E-state index contributed by atoms with van der Waals surface area (Å²) in [6.45, 7) is 5.35. The molecule has 2 aliphatic heterocycles. The molecule has 2 atom stereocenters. The molecule has 20 heavy (non-hydrogen) atoms. The molecule has 2 N–H and O–H groups in total. The van der Waals surface area contributed by atoms with Crippen LogP contribution in [0.2, 0.25) is 0 Å². The van der Waals surface area contributed by atoms with Gasteiger partial charge in [-0.3, -0.25) is 0 Å². The van der Waals surface area contributed by atoms with Crippen molar-refractivity contribution in [3.05, 3.63) is 35.4 Å². The Kier molecular flexibility index (Phi) is 3.44. The van der Waals surface area contributed by atoms with E-state index < -0.39 is 5.97 Å². The fourth-order valence-corrected chi connectivity index (χ4v) is 3.04. The lowest BCUT2D eigenvalue weighted by atomic mass is 9.86. The number of likely N-dealkylation sites (tertiary alicyclic amines) is 1. The van der Waals surface area contributed by atoms with Crippen molar-refractivity contribution in [3.8, 4) is 0 Å². The maximum absolute atomic E-state index is 10.9. The lowest BCUT2D eigenvalue weighted by Gasteiger charge is -2.32. The molecule has 106 valence electrons. The van der Waals surface area contributed by atoms with Crippen LogP contribution < -0.4 is 5.43 Å². The SMILES string of the molecule is CCN1CCC2=NNC(c3ccc(C(=O)O)cc3)C2C1. The highest BCUT2D eigenvalue weighted by atomic mass is 16.4. The van der Waals surface area contributed by atoms with E-state index in [1.165, 1.54) is 5.71 Å². The van der Waals surface area contributed by atoms with Crippen LogP contribution in [0.25, 0.3) is 0 Å². The zero-order valence-corrected chi connectivity index (χ0v) is 11.5. The first-order valence-electron chi connectivity index (χ1n) is 7.06. The number of nitrogens with one attached hydrogen (secondary N) is 1. The average Bonchev–Trinajstić information content (AvgIpc) is 2.90. The van der Waals surface area contributed by atoms with E-state index in [9.17, 15) is 4.79 Å². The van der Waals surface area contributed by atoms with Crippen LogP contribution in [0, 0.1) is 5.92 Å². The van der Waals surface area contributed by atoms with Crippen LogP contribution in [0.5, 0.6) is 0 Å². The van der Waals surface area contributed by atoms with E-state index in [1.807, 2.05) is 12.1 Å². The van der Waals surface area contributed by atoms with Crippen LogP contribution in [-0.2, 0) is 0 Å². The van der Waals surface area contributed by atoms with Gasteiger partial charge in [-0.1, -0.05) is 19.1 Å². The van der Waals surface area contributed by atoms with Gasteiger partial charge in [-0.15, -0.1) is 0 Å². The number of hydrazone groups is 1. The molecule has 1 fully saturated rings. The summed E-state index contributed by atoms with van der Waals surface area (Å²) < 4.78 is 0. The summed E-state index contributed by atoms with van der Waals surface area (Å²) in [4.78, 5) is 13.3. The quantitative estimate of drug-likeness (QED) is 0.880. The summed E-state index contributed by atoms with van der Waals surface area (Å²) in [6.07, 6.45) is 1.02.